The number of hydrogen-bond donors (Lipinski definition) is 0. The monoisotopic (exact) mass is 237 g/mol. The molecule has 0 N–H and O–H groups in total. The Hall–Kier alpha value is -0.250. The summed E-state index contributed by atoms with van der Waals surface area (Å²) in [6.45, 7) is 6.95. The Balaban J connectivity index is 2.50. The molecule has 1 aliphatic rings. The Bertz CT molecular complexity index is 215. The van der Waals surface area contributed by atoms with Crippen molar-refractivity contribution in [3.8, 4) is 0 Å². The average molecular weight is 237 g/mol. The van der Waals surface area contributed by atoms with Gasteiger partial charge in [-0.05, 0) is 37.3 Å². The zero-order valence-electron chi connectivity index (χ0n) is 10.4. The fourth-order valence-electron chi connectivity index (χ4n) is 2.75. The van der Waals surface area contributed by atoms with Crippen LogP contribution in [0, 0.1) is 11.3 Å². The Kier molecular flexibility index (Phi) is 4.27. The van der Waals surface area contributed by atoms with E-state index in [2.05, 4.69) is 20.8 Å². The minimum atomic E-state index is -4.05. The summed E-state index contributed by atoms with van der Waals surface area (Å²) in [5.74, 6) is 0.561. The highest BCUT2D eigenvalue weighted by atomic mass is 19.4. The molecule has 1 nitrogen and oxygen atoms in total. The van der Waals surface area contributed by atoms with Crippen LogP contribution >= 0.6 is 0 Å². The van der Waals surface area contributed by atoms with E-state index in [4.69, 9.17) is 0 Å². The first-order chi connectivity index (χ1) is 7.29. The lowest BCUT2D eigenvalue weighted by atomic mass is 9.68. The van der Waals surface area contributed by atoms with Gasteiger partial charge in [0.05, 0.1) is 6.54 Å². The van der Waals surface area contributed by atoms with Gasteiger partial charge >= 0.3 is 6.18 Å². The molecule has 96 valence electrons. The molecule has 0 unspecified atom stereocenters. The molecule has 0 saturated carbocycles. The summed E-state index contributed by atoms with van der Waals surface area (Å²) >= 11 is 0. The third kappa shape index (κ3) is 3.37. The zero-order chi connectivity index (χ0) is 12.4. The van der Waals surface area contributed by atoms with Crippen LogP contribution in [0.3, 0.4) is 0 Å². The van der Waals surface area contributed by atoms with E-state index in [1.807, 2.05) is 0 Å². The topological polar surface area (TPSA) is 3.24 Å². The Labute approximate surface area is 96.0 Å². The van der Waals surface area contributed by atoms with E-state index in [0.29, 0.717) is 19.0 Å². The number of hydrogen-bond acceptors (Lipinski definition) is 1. The predicted molar refractivity (Wildman–Crippen MR) is 59.3 cm³/mol. The van der Waals surface area contributed by atoms with Crippen molar-refractivity contribution in [1.29, 1.82) is 0 Å². The molecule has 0 spiro atoms. The molecule has 0 atom stereocenters. The third-order valence-corrected chi connectivity index (χ3v) is 4.18. The van der Waals surface area contributed by atoms with Crippen LogP contribution in [0.5, 0.6) is 0 Å². The van der Waals surface area contributed by atoms with Crippen LogP contribution in [0.4, 0.5) is 13.2 Å². The van der Waals surface area contributed by atoms with Gasteiger partial charge in [0.1, 0.15) is 0 Å². The fraction of sp³-hybridized carbons (Fsp3) is 1.00. The van der Waals surface area contributed by atoms with Crippen LogP contribution in [0.15, 0.2) is 0 Å². The summed E-state index contributed by atoms with van der Waals surface area (Å²) in [7, 11) is 0. The van der Waals surface area contributed by atoms with Crippen molar-refractivity contribution in [1.82, 2.24) is 4.90 Å². The summed E-state index contributed by atoms with van der Waals surface area (Å²) < 4.78 is 36.7. The van der Waals surface area contributed by atoms with Gasteiger partial charge in [-0.2, -0.15) is 13.2 Å². The molecule has 0 aliphatic carbocycles. The van der Waals surface area contributed by atoms with Gasteiger partial charge in [0, 0.05) is 0 Å². The number of rotatable bonds is 3. The molecule has 0 amide bonds. The normalized spacial score (nSPS) is 22.7. The van der Waals surface area contributed by atoms with Gasteiger partial charge in [0.2, 0.25) is 0 Å². The first-order valence-corrected chi connectivity index (χ1v) is 6.08. The lowest BCUT2D eigenvalue weighted by molar-refractivity contribution is -0.151. The summed E-state index contributed by atoms with van der Waals surface area (Å²) in [5.41, 5.74) is 0.266. The number of nitrogens with zero attached hydrogens (tertiary/aromatic N) is 1. The Morgan fingerprint density at radius 2 is 1.69 bits per heavy atom. The van der Waals surface area contributed by atoms with E-state index < -0.39 is 12.7 Å². The first-order valence-electron chi connectivity index (χ1n) is 6.08. The molecular formula is C12H22F3N. The fourth-order valence-corrected chi connectivity index (χ4v) is 2.75. The van der Waals surface area contributed by atoms with Gasteiger partial charge in [-0.1, -0.05) is 27.2 Å². The van der Waals surface area contributed by atoms with Crippen molar-refractivity contribution < 1.29 is 13.2 Å². The predicted octanol–water partition coefficient (Wildman–Crippen LogP) is 3.70. The van der Waals surface area contributed by atoms with Gasteiger partial charge in [-0.25, -0.2) is 0 Å². The molecule has 16 heavy (non-hydrogen) atoms. The highest BCUT2D eigenvalue weighted by Gasteiger charge is 2.38. The summed E-state index contributed by atoms with van der Waals surface area (Å²) in [6, 6.07) is 0. The molecule has 0 aromatic rings. The van der Waals surface area contributed by atoms with Crippen LogP contribution in [0.2, 0.25) is 0 Å². The highest BCUT2D eigenvalue weighted by molar-refractivity contribution is 4.87. The average Bonchev–Trinajstić information content (AvgIpc) is 2.16. The molecule has 1 heterocycles. The molecule has 0 bridgehead atoms. The van der Waals surface area contributed by atoms with Crippen molar-refractivity contribution >= 4 is 0 Å². The second-order valence-electron chi connectivity index (χ2n) is 5.26. The van der Waals surface area contributed by atoms with E-state index in [1.165, 1.54) is 4.90 Å². The van der Waals surface area contributed by atoms with Gasteiger partial charge in [-0.15, -0.1) is 0 Å². The molecule has 1 rings (SSSR count). The van der Waals surface area contributed by atoms with E-state index in [0.717, 1.165) is 19.3 Å². The highest BCUT2D eigenvalue weighted by Crippen LogP contribution is 2.41. The number of alkyl halides is 3. The minimum absolute atomic E-state index is 0.266. The second kappa shape index (κ2) is 4.94. The standard InChI is InChI=1S/C12H22F3N/c1-4-11(10(2)3)5-7-16(8-6-11)9-12(13,14)15/h10H,4-9H2,1-3H3. The summed E-state index contributed by atoms with van der Waals surface area (Å²) in [6.07, 6.45) is -1.18. The maximum absolute atomic E-state index is 12.2. The van der Waals surface area contributed by atoms with E-state index in [1.54, 1.807) is 0 Å². The molecular weight excluding hydrogens is 215 g/mol. The molecule has 1 saturated heterocycles. The van der Waals surface area contributed by atoms with Crippen molar-refractivity contribution in [2.24, 2.45) is 11.3 Å². The van der Waals surface area contributed by atoms with Crippen molar-refractivity contribution in [3.63, 3.8) is 0 Å². The van der Waals surface area contributed by atoms with Crippen LogP contribution in [0.1, 0.15) is 40.0 Å². The van der Waals surface area contributed by atoms with Gasteiger partial charge in [0.25, 0.3) is 0 Å². The van der Waals surface area contributed by atoms with Crippen molar-refractivity contribution in [3.05, 3.63) is 0 Å². The quantitative estimate of drug-likeness (QED) is 0.723. The number of likely N-dealkylation sites (tertiary alicyclic amines) is 1. The third-order valence-electron chi connectivity index (χ3n) is 4.18. The summed E-state index contributed by atoms with van der Waals surface area (Å²) in [4.78, 5) is 1.54. The smallest absolute Gasteiger partial charge is 0.295 e. The van der Waals surface area contributed by atoms with E-state index in [-0.39, 0.29) is 5.41 Å². The molecule has 0 aromatic carbocycles. The Morgan fingerprint density at radius 3 is 2.00 bits per heavy atom. The number of halogens is 3. The number of piperidine rings is 1. The van der Waals surface area contributed by atoms with E-state index >= 15 is 0 Å². The van der Waals surface area contributed by atoms with Crippen LogP contribution in [-0.2, 0) is 0 Å². The molecule has 1 fully saturated rings. The van der Waals surface area contributed by atoms with Gasteiger partial charge in [-0.3, -0.25) is 4.90 Å². The molecule has 0 aromatic heterocycles. The lowest BCUT2D eigenvalue weighted by Crippen LogP contribution is -2.45. The first kappa shape index (κ1) is 13.8. The molecule has 1 aliphatic heterocycles. The van der Waals surface area contributed by atoms with Gasteiger partial charge in [0.15, 0.2) is 0 Å². The van der Waals surface area contributed by atoms with Gasteiger partial charge < -0.3 is 0 Å². The SMILES string of the molecule is CCC1(C(C)C)CCN(CC(F)(F)F)CC1. The van der Waals surface area contributed by atoms with Crippen LogP contribution in [-0.4, -0.2) is 30.7 Å². The molecule has 4 heteroatoms. The van der Waals surface area contributed by atoms with Crippen molar-refractivity contribution in [2.45, 2.75) is 46.2 Å². The van der Waals surface area contributed by atoms with Crippen molar-refractivity contribution in [2.75, 3.05) is 19.6 Å². The maximum Gasteiger partial charge on any atom is 0.401 e. The molecule has 0 radical (unpaired) electrons. The zero-order valence-corrected chi connectivity index (χ0v) is 10.4. The van der Waals surface area contributed by atoms with Crippen LogP contribution in [0.25, 0.3) is 0 Å². The summed E-state index contributed by atoms with van der Waals surface area (Å²) in [5, 5.41) is 0. The Morgan fingerprint density at radius 1 is 1.19 bits per heavy atom. The van der Waals surface area contributed by atoms with E-state index in [9.17, 15) is 13.2 Å². The largest absolute Gasteiger partial charge is 0.401 e. The second-order valence-corrected chi connectivity index (χ2v) is 5.26. The lowest BCUT2D eigenvalue weighted by Gasteiger charge is -2.44. The van der Waals surface area contributed by atoms with Crippen LogP contribution < -0.4 is 0 Å². The maximum atomic E-state index is 12.2. The minimum Gasteiger partial charge on any atom is -0.295 e.